The Bertz CT molecular complexity index is 496. The molecule has 0 aromatic rings. The highest BCUT2D eigenvalue weighted by molar-refractivity contribution is 5.86. The minimum atomic E-state index is -0.483. The molecule has 0 radical (unpaired) electrons. The zero-order valence-corrected chi connectivity index (χ0v) is 15.4. The summed E-state index contributed by atoms with van der Waals surface area (Å²) in [6.07, 6.45) is 3.98. The van der Waals surface area contributed by atoms with Gasteiger partial charge in [0.1, 0.15) is 13.2 Å². The lowest BCUT2D eigenvalue weighted by molar-refractivity contribution is -0.139. The van der Waals surface area contributed by atoms with Crippen LogP contribution in [-0.4, -0.2) is 30.8 Å². The van der Waals surface area contributed by atoms with E-state index < -0.39 is 12.1 Å². The van der Waals surface area contributed by atoms with E-state index >= 15 is 0 Å². The van der Waals surface area contributed by atoms with Crippen LogP contribution in [0.4, 0.5) is 4.79 Å². The first kappa shape index (κ1) is 20.3. The minimum absolute atomic E-state index is 0.0278. The second-order valence-electron chi connectivity index (χ2n) is 7.31. The fraction of sp³-hybridized carbons (Fsp3) is 0.684. The average Bonchev–Trinajstić information content (AvgIpc) is 2.50. The monoisotopic (exact) mass is 337 g/mol. The van der Waals surface area contributed by atoms with Crippen LogP contribution in [0, 0.1) is 11.8 Å². The van der Waals surface area contributed by atoms with Gasteiger partial charge in [-0.15, -0.1) is 0 Å². The first-order chi connectivity index (χ1) is 11.1. The van der Waals surface area contributed by atoms with Crippen LogP contribution >= 0.6 is 0 Å². The minimum Gasteiger partial charge on any atom is -0.459 e. The Kier molecular flexibility index (Phi) is 7.52. The normalized spacial score (nSPS) is 20.8. The molecule has 5 heteroatoms. The van der Waals surface area contributed by atoms with E-state index in [1.807, 2.05) is 13.8 Å². The fourth-order valence-electron chi connectivity index (χ4n) is 3.09. The van der Waals surface area contributed by atoms with E-state index in [4.69, 9.17) is 9.47 Å². The fourth-order valence-corrected chi connectivity index (χ4v) is 3.09. The summed E-state index contributed by atoms with van der Waals surface area (Å²) in [5.74, 6) is 0.441. The molecule has 0 spiro atoms. The highest BCUT2D eigenvalue weighted by Crippen LogP contribution is 2.38. The largest absolute Gasteiger partial charge is 0.459 e. The molecule has 1 fully saturated rings. The Labute approximate surface area is 145 Å². The summed E-state index contributed by atoms with van der Waals surface area (Å²) in [5, 5.41) is 2.95. The van der Waals surface area contributed by atoms with E-state index in [0.29, 0.717) is 17.4 Å². The highest BCUT2D eigenvalue weighted by atomic mass is 16.6. The average molecular weight is 337 g/mol. The molecule has 1 aliphatic carbocycles. The number of amides is 1. The second-order valence-corrected chi connectivity index (χ2v) is 7.31. The van der Waals surface area contributed by atoms with Gasteiger partial charge in [0.2, 0.25) is 0 Å². The summed E-state index contributed by atoms with van der Waals surface area (Å²) >= 11 is 0. The Morgan fingerprint density at radius 3 is 2.33 bits per heavy atom. The number of ether oxygens (including phenoxy) is 2. The molecular weight excluding hydrogens is 306 g/mol. The summed E-state index contributed by atoms with van der Waals surface area (Å²) in [6, 6.07) is 0. The molecule has 1 N–H and O–H groups in total. The van der Waals surface area contributed by atoms with Crippen molar-refractivity contribution in [3.05, 3.63) is 24.3 Å². The number of esters is 1. The molecule has 2 unspecified atom stereocenters. The van der Waals surface area contributed by atoms with Gasteiger partial charge in [0.15, 0.2) is 0 Å². The molecule has 0 aromatic heterocycles. The molecule has 0 bridgehead atoms. The molecule has 136 valence electrons. The predicted molar refractivity (Wildman–Crippen MR) is 94.6 cm³/mol. The molecule has 1 aliphatic rings. The van der Waals surface area contributed by atoms with Gasteiger partial charge < -0.3 is 14.8 Å². The van der Waals surface area contributed by atoms with E-state index in [2.05, 4.69) is 25.4 Å². The topological polar surface area (TPSA) is 64.6 Å². The Morgan fingerprint density at radius 1 is 1.12 bits per heavy atom. The van der Waals surface area contributed by atoms with E-state index in [0.717, 1.165) is 19.3 Å². The third kappa shape index (κ3) is 6.38. The van der Waals surface area contributed by atoms with E-state index in [9.17, 15) is 9.59 Å². The molecule has 0 saturated heterocycles. The number of alkyl carbamates (subject to hydrolysis) is 1. The van der Waals surface area contributed by atoms with Crippen molar-refractivity contribution in [2.45, 2.75) is 58.9 Å². The van der Waals surface area contributed by atoms with Gasteiger partial charge in [-0.05, 0) is 58.8 Å². The number of carbonyl (C=O) groups is 2. The second kappa shape index (κ2) is 8.90. The van der Waals surface area contributed by atoms with Crippen LogP contribution in [0.15, 0.2) is 24.3 Å². The summed E-state index contributed by atoms with van der Waals surface area (Å²) in [4.78, 5) is 23.2. The van der Waals surface area contributed by atoms with Crippen molar-refractivity contribution in [3.8, 4) is 0 Å². The molecule has 0 aliphatic heterocycles. The third-order valence-electron chi connectivity index (χ3n) is 4.71. The van der Waals surface area contributed by atoms with Crippen molar-refractivity contribution in [2.75, 3.05) is 13.2 Å². The molecule has 2 atom stereocenters. The molecule has 24 heavy (non-hydrogen) atoms. The molecule has 5 nitrogen and oxygen atoms in total. The van der Waals surface area contributed by atoms with Gasteiger partial charge in [0, 0.05) is 11.1 Å². The van der Waals surface area contributed by atoms with Gasteiger partial charge in [-0.1, -0.05) is 25.2 Å². The highest BCUT2D eigenvalue weighted by Gasteiger charge is 2.35. The lowest BCUT2D eigenvalue weighted by Crippen LogP contribution is -2.50. The Morgan fingerprint density at radius 2 is 1.75 bits per heavy atom. The Hall–Kier alpha value is -1.78. The van der Waals surface area contributed by atoms with Crippen LogP contribution in [0.1, 0.15) is 53.4 Å². The predicted octanol–water partition coefficient (Wildman–Crippen LogP) is 3.99. The van der Waals surface area contributed by atoms with Gasteiger partial charge in [0.25, 0.3) is 0 Å². The summed E-state index contributed by atoms with van der Waals surface area (Å²) in [7, 11) is 0. The van der Waals surface area contributed by atoms with Crippen molar-refractivity contribution in [1.29, 1.82) is 0 Å². The number of nitrogens with one attached hydrogen (secondary N) is 1. The lowest BCUT2D eigenvalue weighted by Gasteiger charge is -2.40. The molecule has 1 saturated carbocycles. The number of hydrogen-bond acceptors (Lipinski definition) is 4. The quantitative estimate of drug-likeness (QED) is 0.330. The van der Waals surface area contributed by atoms with Crippen molar-refractivity contribution in [3.63, 3.8) is 0 Å². The zero-order chi connectivity index (χ0) is 18.3. The number of rotatable bonds is 7. The number of hydrogen-bond donors (Lipinski definition) is 1. The van der Waals surface area contributed by atoms with Gasteiger partial charge in [-0.3, -0.25) is 0 Å². The number of carbonyl (C=O) groups excluding carboxylic acids is 2. The summed E-state index contributed by atoms with van der Waals surface area (Å²) < 4.78 is 9.99. The maximum absolute atomic E-state index is 12.0. The third-order valence-corrected chi connectivity index (χ3v) is 4.71. The van der Waals surface area contributed by atoms with Crippen LogP contribution in [0.5, 0.6) is 0 Å². The van der Waals surface area contributed by atoms with Gasteiger partial charge in [-0.2, -0.15) is 0 Å². The van der Waals surface area contributed by atoms with E-state index in [-0.39, 0.29) is 18.8 Å². The molecule has 1 amide bonds. The van der Waals surface area contributed by atoms with Crippen LogP contribution in [-0.2, 0) is 14.3 Å². The number of allylic oxidation sites excluding steroid dienone is 1. The summed E-state index contributed by atoms with van der Waals surface area (Å²) in [5.41, 5.74) is 1.20. The van der Waals surface area contributed by atoms with Crippen LogP contribution in [0.25, 0.3) is 0 Å². The van der Waals surface area contributed by atoms with Crippen molar-refractivity contribution >= 4 is 12.1 Å². The Balaban J connectivity index is 2.39. The van der Waals surface area contributed by atoms with Crippen molar-refractivity contribution in [2.24, 2.45) is 11.8 Å². The van der Waals surface area contributed by atoms with Crippen LogP contribution in [0.2, 0.25) is 0 Å². The van der Waals surface area contributed by atoms with Gasteiger partial charge in [-0.25, -0.2) is 9.59 Å². The standard InChI is InChI=1S/C19H31NO4/c1-13(2)15-8-7-9-16(12-15)19(5,6)20-18(22)24-11-10-23-17(21)14(3)4/h15-16H,1,3,7-12H2,2,4-6H3,(H,20,22). The van der Waals surface area contributed by atoms with Gasteiger partial charge in [0.05, 0.1) is 0 Å². The lowest BCUT2D eigenvalue weighted by atomic mass is 9.71. The first-order valence-electron chi connectivity index (χ1n) is 8.56. The smallest absolute Gasteiger partial charge is 0.407 e. The maximum atomic E-state index is 12.0. The van der Waals surface area contributed by atoms with Crippen molar-refractivity contribution in [1.82, 2.24) is 5.32 Å². The van der Waals surface area contributed by atoms with Crippen LogP contribution < -0.4 is 5.32 Å². The van der Waals surface area contributed by atoms with E-state index in [1.54, 1.807) is 6.92 Å². The maximum Gasteiger partial charge on any atom is 0.407 e. The SMILES string of the molecule is C=C(C)C(=O)OCCOC(=O)NC(C)(C)C1CCCC(C(=C)C)C1. The zero-order valence-electron chi connectivity index (χ0n) is 15.4. The van der Waals surface area contributed by atoms with Crippen LogP contribution in [0.3, 0.4) is 0 Å². The molecule has 0 aromatic carbocycles. The molecule has 1 rings (SSSR count). The first-order valence-corrected chi connectivity index (χ1v) is 8.56. The van der Waals surface area contributed by atoms with Gasteiger partial charge >= 0.3 is 12.1 Å². The molecular formula is C19H31NO4. The van der Waals surface area contributed by atoms with E-state index in [1.165, 1.54) is 12.0 Å². The molecule has 0 heterocycles. The van der Waals surface area contributed by atoms with Crippen molar-refractivity contribution < 1.29 is 19.1 Å². The summed E-state index contributed by atoms with van der Waals surface area (Å²) in [6.45, 7) is 15.3.